The zero-order chi connectivity index (χ0) is 14.2. The van der Waals surface area contributed by atoms with Crippen molar-refractivity contribution in [3.05, 3.63) is 64.4 Å². The predicted molar refractivity (Wildman–Crippen MR) is 87.9 cm³/mol. The van der Waals surface area contributed by atoms with Crippen molar-refractivity contribution in [3.63, 3.8) is 0 Å². The molecule has 0 fully saturated rings. The standard InChI is InChI=1S/C17H21BrN2/c1-19-16(12-17-11-10-15(18)13-20-17)9-5-8-14-6-3-2-4-7-14/h2-4,6-7,10-11,13,16,19H,5,8-9,12H2,1H3. The number of rotatable bonds is 7. The number of hydrogen-bond donors (Lipinski definition) is 1. The fourth-order valence-corrected chi connectivity index (χ4v) is 2.56. The van der Waals surface area contributed by atoms with Crippen LogP contribution in [0.1, 0.15) is 24.1 Å². The summed E-state index contributed by atoms with van der Waals surface area (Å²) < 4.78 is 1.03. The molecule has 0 saturated heterocycles. The Morgan fingerprint density at radius 1 is 1.15 bits per heavy atom. The van der Waals surface area contributed by atoms with E-state index in [9.17, 15) is 0 Å². The SMILES string of the molecule is CNC(CCCc1ccccc1)Cc1ccc(Br)cn1. The van der Waals surface area contributed by atoms with E-state index in [2.05, 4.69) is 68.7 Å². The lowest BCUT2D eigenvalue weighted by molar-refractivity contribution is 0.497. The fraction of sp³-hybridized carbons (Fsp3) is 0.353. The Labute approximate surface area is 129 Å². The van der Waals surface area contributed by atoms with Gasteiger partial charge in [-0.15, -0.1) is 0 Å². The van der Waals surface area contributed by atoms with E-state index in [0.717, 1.165) is 23.0 Å². The van der Waals surface area contributed by atoms with E-state index in [1.165, 1.54) is 18.4 Å². The monoisotopic (exact) mass is 332 g/mol. The number of aryl methyl sites for hydroxylation is 1. The quantitative estimate of drug-likeness (QED) is 0.828. The van der Waals surface area contributed by atoms with Crippen LogP contribution in [0.25, 0.3) is 0 Å². The van der Waals surface area contributed by atoms with Crippen LogP contribution in [-0.4, -0.2) is 18.1 Å². The van der Waals surface area contributed by atoms with E-state index in [4.69, 9.17) is 0 Å². The number of hydrogen-bond acceptors (Lipinski definition) is 2. The van der Waals surface area contributed by atoms with Crippen molar-refractivity contribution in [2.24, 2.45) is 0 Å². The van der Waals surface area contributed by atoms with Gasteiger partial charge in [-0.2, -0.15) is 0 Å². The number of halogens is 1. The molecule has 2 aromatic rings. The summed E-state index contributed by atoms with van der Waals surface area (Å²) in [6, 6.07) is 15.3. The third-order valence-electron chi connectivity index (χ3n) is 3.51. The van der Waals surface area contributed by atoms with Crippen LogP contribution in [0.15, 0.2) is 53.1 Å². The van der Waals surface area contributed by atoms with E-state index < -0.39 is 0 Å². The van der Waals surface area contributed by atoms with Gasteiger partial charge >= 0.3 is 0 Å². The second-order valence-electron chi connectivity index (χ2n) is 5.04. The zero-order valence-electron chi connectivity index (χ0n) is 11.8. The van der Waals surface area contributed by atoms with E-state index in [1.807, 2.05) is 13.2 Å². The molecule has 0 bridgehead atoms. The molecule has 0 spiro atoms. The van der Waals surface area contributed by atoms with Crippen LogP contribution in [0.4, 0.5) is 0 Å². The minimum absolute atomic E-state index is 0.493. The molecule has 20 heavy (non-hydrogen) atoms. The number of aromatic nitrogens is 1. The Balaban J connectivity index is 1.79. The molecule has 1 unspecified atom stereocenters. The van der Waals surface area contributed by atoms with E-state index in [-0.39, 0.29) is 0 Å². The topological polar surface area (TPSA) is 24.9 Å². The molecule has 1 heterocycles. The lowest BCUT2D eigenvalue weighted by atomic mass is 10.0. The van der Waals surface area contributed by atoms with Crippen molar-refractivity contribution in [3.8, 4) is 0 Å². The molecule has 2 rings (SSSR count). The molecular formula is C17H21BrN2. The van der Waals surface area contributed by atoms with Gasteiger partial charge in [0.2, 0.25) is 0 Å². The minimum atomic E-state index is 0.493. The van der Waals surface area contributed by atoms with Crippen LogP contribution in [0, 0.1) is 0 Å². The number of benzene rings is 1. The molecule has 1 aromatic heterocycles. The van der Waals surface area contributed by atoms with Crippen LogP contribution in [0.5, 0.6) is 0 Å². The molecule has 106 valence electrons. The molecule has 0 aliphatic rings. The molecular weight excluding hydrogens is 312 g/mol. The van der Waals surface area contributed by atoms with Crippen LogP contribution in [-0.2, 0) is 12.8 Å². The summed E-state index contributed by atoms with van der Waals surface area (Å²) in [7, 11) is 2.03. The van der Waals surface area contributed by atoms with Crippen molar-refractivity contribution < 1.29 is 0 Å². The first kappa shape index (κ1) is 15.2. The van der Waals surface area contributed by atoms with Crippen molar-refractivity contribution in [1.29, 1.82) is 0 Å². The average Bonchev–Trinajstić information content (AvgIpc) is 2.49. The molecule has 0 radical (unpaired) electrons. The molecule has 3 heteroatoms. The summed E-state index contributed by atoms with van der Waals surface area (Å²) in [6.07, 6.45) is 6.37. The molecule has 1 N–H and O–H groups in total. The van der Waals surface area contributed by atoms with Crippen molar-refractivity contribution in [2.45, 2.75) is 31.7 Å². The van der Waals surface area contributed by atoms with E-state index >= 15 is 0 Å². The summed E-state index contributed by atoms with van der Waals surface area (Å²) >= 11 is 3.42. The first-order valence-electron chi connectivity index (χ1n) is 7.09. The minimum Gasteiger partial charge on any atom is -0.317 e. The first-order chi connectivity index (χ1) is 9.78. The van der Waals surface area contributed by atoms with E-state index in [0.29, 0.717) is 6.04 Å². The Morgan fingerprint density at radius 3 is 2.60 bits per heavy atom. The van der Waals surface area contributed by atoms with Crippen LogP contribution < -0.4 is 5.32 Å². The number of nitrogens with zero attached hydrogens (tertiary/aromatic N) is 1. The Kier molecular flexibility index (Phi) is 6.22. The highest BCUT2D eigenvalue weighted by atomic mass is 79.9. The Bertz CT molecular complexity index is 496. The number of pyridine rings is 1. The maximum Gasteiger partial charge on any atom is 0.0419 e. The predicted octanol–water partition coefficient (Wildman–Crippen LogP) is 4.00. The Hall–Kier alpha value is -1.19. The lowest BCUT2D eigenvalue weighted by Gasteiger charge is -2.15. The lowest BCUT2D eigenvalue weighted by Crippen LogP contribution is -2.28. The van der Waals surface area contributed by atoms with Gasteiger partial charge in [0.1, 0.15) is 0 Å². The van der Waals surface area contributed by atoms with Gasteiger partial charge < -0.3 is 5.32 Å². The number of likely N-dealkylation sites (N-methyl/N-ethyl adjacent to an activating group) is 1. The Morgan fingerprint density at radius 2 is 1.95 bits per heavy atom. The average molecular weight is 333 g/mol. The van der Waals surface area contributed by atoms with Gasteiger partial charge in [-0.3, -0.25) is 4.98 Å². The molecule has 0 amide bonds. The van der Waals surface area contributed by atoms with Gasteiger partial charge in [-0.1, -0.05) is 30.3 Å². The van der Waals surface area contributed by atoms with E-state index in [1.54, 1.807) is 0 Å². The summed E-state index contributed by atoms with van der Waals surface area (Å²) in [6.45, 7) is 0. The van der Waals surface area contributed by atoms with Gasteiger partial charge in [0.15, 0.2) is 0 Å². The second kappa shape index (κ2) is 8.18. The number of nitrogens with one attached hydrogen (secondary N) is 1. The second-order valence-corrected chi connectivity index (χ2v) is 5.95. The van der Waals surface area contributed by atoms with Crippen LogP contribution in [0.2, 0.25) is 0 Å². The smallest absolute Gasteiger partial charge is 0.0419 e. The maximum absolute atomic E-state index is 4.45. The fourth-order valence-electron chi connectivity index (χ4n) is 2.33. The van der Waals surface area contributed by atoms with Crippen molar-refractivity contribution >= 4 is 15.9 Å². The van der Waals surface area contributed by atoms with Gasteiger partial charge in [0, 0.05) is 28.8 Å². The largest absolute Gasteiger partial charge is 0.317 e. The molecule has 0 saturated carbocycles. The van der Waals surface area contributed by atoms with Crippen molar-refractivity contribution in [1.82, 2.24) is 10.3 Å². The van der Waals surface area contributed by atoms with Gasteiger partial charge in [0.05, 0.1) is 0 Å². The van der Waals surface area contributed by atoms with Crippen LogP contribution in [0.3, 0.4) is 0 Å². The summed E-state index contributed by atoms with van der Waals surface area (Å²) in [4.78, 5) is 4.45. The normalized spacial score (nSPS) is 12.3. The summed E-state index contributed by atoms with van der Waals surface area (Å²) in [5, 5.41) is 3.40. The molecule has 2 nitrogen and oxygen atoms in total. The highest BCUT2D eigenvalue weighted by Gasteiger charge is 2.08. The zero-order valence-corrected chi connectivity index (χ0v) is 13.4. The van der Waals surface area contributed by atoms with Gasteiger partial charge in [0.25, 0.3) is 0 Å². The maximum atomic E-state index is 4.45. The first-order valence-corrected chi connectivity index (χ1v) is 7.89. The molecule has 0 aliphatic carbocycles. The van der Waals surface area contributed by atoms with Gasteiger partial charge in [-0.05, 0) is 59.9 Å². The summed E-state index contributed by atoms with van der Waals surface area (Å²) in [5.74, 6) is 0. The highest BCUT2D eigenvalue weighted by Crippen LogP contribution is 2.12. The third-order valence-corrected chi connectivity index (χ3v) is 3.98. The van der Waals surface area contributed by atoms with Gasteiger partial charge in [-0.25, -0.2) is 0 Å². The van der Waals surface area contributed by atoms with Crippen molar-refractivity contribution in [2.75, 3.05) is 7.05 Å². The summed E-state index contributed by atoms with van der Waals surface area (Å²) in [5.41, 5.74) is 2.57. The highest BCUT2D eigenvalue weighted by molar-refractivity contribution is 9.10. The molecule has 1 atom stereocenters. The van der Waals surface area contributed by atoms with Crippen LogP contribution >= 0.6 is 15.9 Å². The molecule has 0 aliphatic heterocycles. The third kappa shape index (κ3) is 5.06. The molecule has 1 aromatic carbocycles.